The Bertz CT molecular complexity index is 1220. The number of ether oxygens (including phenoxy) is 1. The van der Waals surface area contributed by atoms with Gasteiger partial charge in [-0.1, -0.05) is 35.9 Å². The van der Waals surface area contributed by atoms with Crippen LogP contribution in [0.5, 0.6) is 5.75 Å². The number of methoxy groups -OCH3 is 1. The van der Waals surface area contributed by atoms with E-state index in [1.54, 1.807) is 12.0 Å². The van der Waals surface area contributed by atoms with Gasteiger partial charge < -0.3 is 9.64 Å². The zero-order valence-electron chi connectivity index (χ0n) is 16.7. The summed E-state index contributed by atoms with van der Waals surface area (Å²) in [6, 6.07) is 13.0. The highest BCUT2D eigenvalue weighted by Crippen LogP contribution is 2.37. The van der Waals surface area contributed by atoms with Crippen molar-refractivity contribution in [1.29, 1.82) is 0 Å². The number of hydrogen-bond acceptors (Lipinski definition) is 5. The molecule has 0 N–H and O–H groups in total. The number of fused-ring (bicyclic) bond motifs is 1. The van der Waals surface area contributed by atoms with E-state index >= 15 is 0 Å². The fourth-order valence-electron chi connectivity index (χ4n) is 3.80. The average Bonchev–Trinajstić information content (AvgIpc) is 3.24. The number of thiophene rings is 1. The Labute approximate surface area is 185 Å². The zero-order chi connectivity index (χ0) is 21.5. The molecular weight excluding hydrogens is 442 g/mol. The number of amides is 1. The van der Waals surface area contributed by atoms with Crippen molar-refractivity contribution in [3.63, 3.8) is 0 Å². The predicted octanol–water partition coefficient (Wildman–Crippen LogP) is 4.70. The van der Waals surface area contributed by atoms with E-state index in [4.69, 9.17) is 16.3 Å². The molecule has 2 aromatic carbocycles. The Morgan fingerprint density at radius 1 is 1.27 bits per heavy atom. The fourth-order valence-corrected chi connectivity index (χ4v) is 7.09. The van der Waals surface area contributed by atoms with Crippen LogP contribution in [0.2, 0.25) is 5.02 Å². The van der Waals surface area contributed by atoms with E-state index < -0.39 is 9.84 Å². The van der Waals surface area contributed by atoms with Gasteiger partial charge in [0.05, 0.1) is 23.6 Å². The van der Waals surface area contributed by atoms with Crippen LogP contribution in [0.4, 0.5) is 0 Å². The van der Waals surface area contributed by atoms with Crippen LogP contribution in [-0.4, -0.2) is 43.9 Å². The van der Waals surface area contributed by atoms with Crippen molar-refractivity contribution >= 4 is 48.8 Å². The van der Waals surface area contributed by atoms with E-state index in [2.05, 4.69) is 0 Å². The molecule has 0 unspecified atom stereocenters. The van der Waals surface area contributed by atoms with Crippen LogP contribution in [0.3, 0.4) is 0 Å². The smallest absolute Gasteiger partial charge is 0.266 e. The van der Waals surface area contributed by atoms with E-state index in [0.717, 1.165) is 21.2 Å². The maximum atomic E-state index is 13.6. The average molecular weight is 464 g/mol. The summed E-state index contributed by atoms with van der Waals surface area (Å²) in [5.41, 5.74) is 1.97. The summed E-state index contributed by atoms with van der Waals surface area (Å²) in [4.78, 5) is 15.7. The third-order valence-corrected chi connectivity index (χ3v) is 8.77. The molecule has 3 aromatic rings. The lowest BCUT2D eigenvalue weighted by Gasteiger charge is -2.28. The first-order valence-electron chi connectivity index (χ1n) is 9.60. The lowest BCUT2D eigenvalue weighted by Crippen LogP contribution is -2.40. The highest BCUT2D eigenvalue weighted by Gasteiger charge is 2.36. The molecular formula is C22H22ClNO4S2. The summed E-state index contributed by atoms with van der Waals surface area (Å²) in [5.74, 6) is 0.529. The van der Waals surface area contributed by atoms with Gasteiger partial charge in [-0.05, 0) is 42.7 Å². The first-order chi connectivity index (χ1) is 14.3. The van der Waals surface area contributed by atoms with Gasteiger partial charge in [0.1, 0.15) is 10.6 Å². The molecule has 0 radical (unpaired) electrons. The van der Waals surface area contributed by atoms with E-state index in [9.17, 15) is 13.2 Å². The zero-order valence-corrected chi connectivity index (χ0v) is 19.1. The number of hydrogen-bond donors (Lipinski definition) is 0. The van der Waals surface area contributed by atoms with Crippen molar-refractivity contribution in [3.8, 4) is 5.75 Å². The summed E-state index contributed by atoms with van der Waals surface area (Å²) in [6.45, 7) is 2.28. The summed E-state index contributed by atoms with van der Waals surface area (Å²) in [5, 5.41) is 1.27. The molecule has 1 aromatic heterocycles. The molecule has 5 nitrogen and oxygen atoms in total. The van der Waals surface area contributed by atoms with Gasteiger partial charge >= 0.3 is 0 Å². The van der Waals surface area contributed by atoms with Crippen molar-refractivity contribution in [2.45, 2.75) is 25.9 Å². The van der Waals surface area contributed by atoms with Gasteiger partial charge in [-0.3, -0.25) is 4.79 Å². The molecule has 0 aliphatic carbocycles. The van der Waals surface area contributed by atoms with Crippen LogP contribution in [0.15, 0.2) is 42.5 Å². The van der Waals surface area contributed by atoms with Crippen molar-refractivity contribution < 1.29 is 17.9 Å². The molecule has 1 aliphatic rings. The summed E-state index contributed by atoms with van der Waals surface area (Å²) in [6.07, 6.45) is 0.430. The largest absolute Gasteiger partial charge is 0.497 e. The Morgan fingerprint density at radius 2 is 2.07 bits per heavy atom. The second-order valence-corrected chi connectivity index (χ2v) is 11.2. The molecule has 1 amide bonds. The minimum atomic E-state index is -3.15. The number of aryl methyl sites for hydroxylation is 1. The monoisotopic (exact) mass is 463 g/mol. The highest BCUT2D eigenvalue weighted by molar-refractivity contribution is 7.91. The molecule has 1 fully saturated rings. The van der Waals surface area contributed by atoms with Gasteiger partial charge in [0.15, 0.2) is 9.84 Å². The number of sulfone groups is 1. The standard InChI is InChI=1S/C22H22ClNO4S2/c1-14-6-7-18-19(10-14)29-21(20(18)23)22(25)24(16-8-9-30(26,27)13-16)12-15-4-3-5-17(11-15)28-2/h3-7,10-11,16H,8-9,12-13H2,1-2H3/t16-/m1/s1. The second-order valence-electron chi connectivity index (χ2n) is 7.59. The number of rotatable bonds is 5. The lowest BCUT2D eigenvalue weighted by molar-refractivity contribution is 0.0686. The predicted molar refractivity (Wildman–Crippen MR) is 121 cm³/mol. The number of halogens is 1. The minimum Gasteiger partial charge on any atom is -0.497 e. The summed E-state index contributed by atoms with van der Waals surface area (Å²) < 4.78 is 30.5. The van der Waals surface area contributed by atoms with Crippen molar-refractivity contribution in [1.82, 2.24) is 4.90 Å². The van der Waals surface area contributed by atoms with Crippen LogP contribution in [0.25, 0.3) is 10.1 Å². The molecule has 4 rings (SSSR count). The second kappa shape index (κ2) is 8.21. The van der Waals surface area contributed by atoms with Gasteiger partial charge in [-0.15, -0.1) is 11.3 Å². The van der Waals surface area contributed by atoms with Gasteiger partial charge in [0.2, 0.25) is 0 Å². The molecule has 1 atom stereocenters. The molecule has 0 saturated carbocycles. The molecule has 0 spiro atoms. The Morgan fingerprint density at radius 3 is 2.77 bits per heavy atom. The SMILES string of the molecule is COc1cccc(CN(C(=O)c2sc3cc(C)ccc3c2Cl)[C@@H]2CCS(=O)(=O)C2)c1. The van der Waals surface area contributed by atoms with E-state index in [1.807, 2.05) is 49.4 Å². The molecule has 0 bridgehead atoms. The molecule has 1 saturated heterocycles. The lowest BCUT2D eigenvalue weighted by atomic mass is 10.1. The quantitative estimate of drug-likeness (QED) is 0.550. The van der Waals surface area contributed by atoms with Crippen LogP contribution >= 0.6 is 22.9 Å². The molecule has 2 heterocycles. The Kier molecular flexibility index (Phi) is 5.79. The third-order valence-electron chi connectivity index (χ3n) is 5.38. The number of benzene rings is 2. The molecule has 1 aliphatic heterocycles. The van der Waals surface area contributed by atoms with Crippen LogP contribution in [0.1, 0.15) is 27.2 Å². The minimum absolute atomic E-state index is 0.0235. The van der Waals surface area contributed by atoms with Gasteiger partial charge in [-0.25, -0.2) is 8.42 Å². The van der Waals surface area contributed by atoms with Gasteiger partial charge in [-0.2, -0.15) is 0 Å². The Hall–Kier alpha value is -2.09. The maximum Gasteiger partial charge on any atom is 0.266 e. The van der Waals surface area contributed by atoms with Crippen LogP contribution in [-0.2, 0) is 16.4 Å². The molecule has 158 valence electrons. The summed E-state index contributed by atoms with van der Waals surface area (Å²) >= 11 is 7.94. The first kappa shape index (κ1) is 21.2. The van der Waals surface area contributed by atoms with Crippen molar-refractivity contribution in [3.05, 3.63) is 63.5 Å². The van der Waals surface area contributed by atoms with Crippen LogP contribution < -0.4 is 4.74 Å². The normalized spacial score (nSPS) is 17.9. The number of carbonyl (C=O) groups is 1. The Balaban J connectivity index is 1.73. The summed E-state index contributed by atoms with van der Waals surface area (Å²) in [7, 11) is -1.56. The van der Waals surface area contributed by atoms with Crippen molar-refractivity contribution in [2.24, 2.45) is 0 Å². The van der Waals surface area contributed by atoms with E-state index in [0.29, 0.717) is 28.6 Å². The maximum absolute atomic E-state index is 13.6. The third kappa shape index (κ3) is 4.19. The fraction of sp³-hybridized carbons (Fsp3) is 0.318. The van der Waals surface area contributed by atoms with Gasteiger partial charge in [0.25, 0.3) is 5.91 Å². The van der Waals surface area contributed by atoms with E-state index in [1.165, 1.54) is 11.3 Å². The first-order valence-corrected chi connectivity index (χ1v) is 12.6. The van der Waals surface area contributed by atoms with Crippen LogP contribution in [0, 0.1) is 6.92 Å². The van der Waals surface area contributed by atoms with Gasteiger partial charge in [0, 0.05) is 22.7 Å². The van der Waals surface area contributed by atoms with E-state index in [-0.39, 0.29) is 23.5 Å². The topological polar surface area (TPSA) is 63.7 Å². The molecule has 8 heteroatoms. The highest BCUT2D eigenvalue weighted by atomic mass is 35.5. The molecule has 30 heavy (non-hydrogen) atoms. The van der Waals surface area contributed by atoms with Crippen molar-refractivity contribution in [2.75, 3.05) is 18.6 Å². The number of carbonyl (C=O) groups excluding carboxylic acids is 1. The number of nitrogens with zero attached hydrogens (tertiary/aromatic N) is 1.